The van der Waals surface area contributed by atoms with Gasteiger partial charge in [0.05, 0.1) is 17.6 Å². The number of hydrogen-bond acceptors (Lipinski definition) is 1. The van der Waals surface area contributed by atoms with Crippen LogP contribution in [0.1, 0.15) is 41.6 Å². The number of aromatic nitrogens is 2. The van der Waals surface area contributed by atoms with Gasteiger partial charge in [0, 0.05) is 5.41 Å². The summed E-state index contributed by atoms with van der Waals surface area (Å²) in [5.74, 6) is -0.227. The van der Waals surface area contributed by atoms with Crippen molar-refractivity contribution in [2.75, 3.05) is 0 Å². The Morgan fingerprint density at radius 1 is 1.04 bits per heavy atom. The smallest absolute Gasteiger partial charge is 0.123 e. The molecule has 0 fully saturated rings. The molecule has 0 radical (unpaired) electrons. The molecular weight excluding hydrogens is 347 g/mol. The fraction of sp³-hybridized carbons (Fsp3) is 0.240. The number of benzene rings is 2. The SMILES string of the molecule is Cc1ccc(C2=CCCC[C@]23C=Cc2c(cnn2-c2ccc(F)cc2)C3)cc1. The lowest BCUT2D eigenvalue weighted by atomic mass is 9.65. The van der Waals surface area contributed by atoms with Gasteiger partial charge in [-0.1, -0.05) is 42.0 Å². The molecule has 0 unspecified atom stereocenters. The van der Waals surface area contributed by atoms with Gasteiger partial charge in [-0.15, -0.1) is 0 Å². The Kier molecular flexibility index (Phi) is 4.04. The zero-order valence-corrected chi connectivity index (χ0v) is 16.0. The highest BCUT2D eigenvalue weighted by molar-refractivity contribution is 5.76. The van der Waals surface area contributed by atoms with Crippen LogP contribution in [0.2, 0.25) is 0 Å². The lowest BCUT2D eigenvalue weighted by molar-refractivity contribution is 0.431. The van der Waals surface area contributed by atoms with Crippen LogP contribution in [0.4, 0.5) is 4.39 Å². The lowest BCUT2D eigenvalue weighted by Gasteiger charge is -2.39. The average Bonchev–Trinajstić information content (AvgIpc) is 3.13. The Hall–Kier alpha value is -2.94. The highest BCUT2D eigenvalue weighted by Gasteiger charge is 2.37. The molecule has 1 atom stereocenters. The molecular formula is C25H23FN2. The van der Waals surface area contributed by atoms with Crippen LogP contribution in [0.5, 0.6) is 0 Å². The van der Waals surface area contributed by atoms with Gasteiger partial charge < -0.3 is 0 Å². The van der Waals surface area contributed by atoms with Crippen LogP contribution in [0, 0.1) is 18.2 Å². The molecule has 2 aliphatic carbocycles. The number of rotatable bonds is 2. The molecule has 0 aliphatic heterocycles. The lowest BCUT2D eigenvalue weighted by Crippen LogP contribution is -2.28. The van der Waals surface area contributed by atoms with E-state index in [9.17, 15) is 4.39 Å². The van der Waals surface area contributed by atoms with E-state index in [1.807, 2.05) is 10.9 Å². The summed E-state index contributed by atoms with van der Waals surface area (Å²) in [7, 11) is 0. The fourth-order valence-electron chi connectivity index (χ4n) is 4.63. The molecule has 5 rings (SSSR count). The second-order valence-corrected chi connectivity index (χ2v) is 7.99. The number of halogens is 1. The van der Waals surface area contributed by atoms with Crippen molar-refractivity contribution in [3.63, 3.8) is 0 Å². The zero-order valence-electron chi connectivity index (χ0n) is 16.0. The van der Waals surface area contributed by atoms with Gasteiger partial charge in [-0.2, -0.15) is 5.10 Å². The van der Waals surface area contributed by atoms with Crippen molar-refractivity contribution in [2.45, 2.75) is 32.6 Å². The van der Waals surface area contributed by atoms with Crippen LogP contribution < -0.4 is 0 Å². The number of hydrogen-bond donors (Lipinski definition) is 0. The third kappa shape index (κ3) is 2.82. The Bertz CT molecular complexity index is 1070. The van der Waals surface area contributed by atoms with Crippen LogP contribution in [-0.4, -0.2) is 9.78 Å². The van der Waals surface area contributed by atoms with Gasteiger partial charge in [0.15, 0.2) is 0 Å². The maximum atomic E-state index is 13.3. The Balaban J connectivity index is 1.54. The highest BCUT2D eigenvalue weighted by Crippen LogP contribution is 2.49. The predicted octanol–water partition coefficient (Wildman–Crippen LogP) is 6.14. The molecule has 140 valence electrons. The molecule has 0 saturated heterocycles. The quantitative estimate of drug-likeness (QED) is 0.529. The third-order valence-electron chi connectivity index (χ3n) is 6.10. The first-order chi connectivity index (χ1) is 13.6. The summed E-state index contributed by atoms with van der Waals surface area (Å²) in [6, 6.07) is 15.4. The molecule has 0 bridgehead atoms. The van der Waals surface area contributed by atoms with E-state index in [1.165, 1.54) is 40.8 Å². The second-order valence-electron chi connectivity index (χ2n) is 7.99. The van der Waals surface area contributed by atoms with E-state index in [1.54, 1.807) is 12.1 Å². The van der Waals surface area contributed by atoms with E-state index in [0.717, 1.165) is 30.6 Å². The number of allylic oxidation sites excluding steroid dienone is 3. The fourth-order valence-corrected chi connectivity index (χ4v) is 4.63. The van der Waals surface area contributed by atoms with Crippen molar-refractivity contribution < 1.29 is 4.39 Å². The first-order valence-corrected chi connectivity index (χ1v) is 9.94. The standard InChI is InChI=1S/C25H23FN2/c1-18-5-7-19(8-6-18)23-4-2-3-14-25(23)15-13-24-20(16-25)17-27-28(24)22-11-9-21(26)10-12-22/h4-13,15,17H,2-3,14,16H2,1H3/t25-/m1/s1. The van der Waals surface area contributed by atoms with E-state index >= 15 is 0 Å². The molecule has 1 spiro atoms. The molecule has 2 aromatic carbocycles. The molecule has 1 aromatic heterocycles. The van der Waals surface area contributed by atoms with Gasteiger partial charge in [0.2, 0.25) is 0 Å². The highest BCUT2D eigenvalue weighted by atomic mass is 19.1. The minimum Gasteiger partial charge on any atom is -0.233 e. The molecule has 28 heavy (non-hydrogen) atoms. The Morgan fingerprint density at radius 3 is 2.61 bits per heavy atom. The summed E-state index contributed by atoms with van der Waals surface area (Å²) in [5, 5.41) is 4.61. The second kappa shape index (κ2) is 6.59. The van der Waals surface area contributed by atoms with Gasteiger partial charge >= 0.3 is 0 Å². The van der Waals surface area contributed by atoms with Gasteiger partial charge in [0.25, 0.3) is 0 Å². The Labute approximate surface area is 165 Å². The largest absolute Gasteiger partial charge is 0.233 e. The van der Waals surface area contributed by atoms with E-state index in [0.29, 0.717) is 0 Å². The molecule has 3 heteroatoms. The maximum absolute atomic E-state index is 13.3. The number of fused-ring (bicyclic) bond motifs is 1. The van der Waals surface area contributed by atoms with Gasteiger partial charge in [-0.3, -0.25) is 0 Å². The van der Waals surface area contributed by atoms with E-state index in [2.05, 4.69) is 54.5 Å². The number of nitrogens with zero attached hydrogens (tertiary/aromatic N) is 2. The topological polar surface area (TPSA) is 17.8 Å². The summed E-state index contributed by atoms with van der Waals surface area (Å²) in [6.45, 7) is 2.13. The van der Waals surface area contributed by atoms with Crippen molar-refractivity contribution in [3.05, 3.63) is 95.1 Å². The van der Waals surface area contributed by atoms with Crippen LogP contribution in [0.25, 0.3) is 17.3 Å². The summed E-state index contributed by atoms with van der Waals surface area (Å²) in [6.07, 6.45) is 13.5. The van der Waals surface area contributed by atoms with Crippen molar-refractivity contribution in [3.8, 4) is 5.69 Å². The van der Waals surface area contributed by atoms with E-state index < -0.39 is 0 Å². The molecule has 3 aromatic rings. The molecule has 0 amide bonds. The molecule has 2 aliphatic rings. The van der Waals surface area contributed by atoms with Crippen molar-refractivity contribution >= 4 is 11.6 Å². The first-order valence-electron chi connectivity index (χ1n) is 9.94. The average molecular weight is 370 g/mol. The van der Waals surface area contributed by atoms with Crippen molar-refractivity contribution in [1.29, 1.82) is 0 Å². The van der Waals surface area contributed by atoms with Gasteiger partial charge in [-0.05, 0) is 79.6 Å². The summed E-state index contributed by atoms with van der Waals surface area (Å²) >= 11 is 0. The monoisotopic (exact) mass is 370 g/mol. The minimum absolute atomic E-state index is 0.0389. The molecule has 0 N–H and O–H groups in total. The molecule has 2 nitrogen and oxygen atoms in total. The van der Waals surface area contributed by atoms with Crippen LogP contribution in [-0.2, 0) is 6.42 Å². The van der Waals surface area contributed by atoms with Crippen molar-refractivity contribution in [1.82, 2.24) is 9.78 Å². The molecule has 1 heterocycles. The maximum Gasteiger partial charge on any atom is 0.123 e. The summed E-state index contributed by atoms with van der Waals surface area (Å²) in [4.78, 5) is 0. The summed E-state index contributed by atoms with van der Waals surface area (Å²) in [5.41, 5.74) is 7.34. The summed E-state index contributed by atoms with van der Waals surface area (Å²) < 4.78 is 15.2. The Morgan fingerprint density at radius 2 is 1.82 bits per heavy atom. The van der Waals surface area contributed by atoms with Crippen LogP contribution in [0.3, 0.4) is 0 Å². The van der Waals surface area contributed by atoms with Gasteiger partial charge in [-0.25, -0.2) is 9.07 Å². The first kappa shape index (κ1) is 17.2. The van der Waals surface area contributed by atoms with Crippen LogP contribution >= 0.6 is 0 Å². The van der Waals surface area contributed by atoms with Crippen molar-refractivity contribution in [2.24, 2.45) is 5.41 Å². The minimum atomic E-state index is -0.227. The normalized spacial score (nSPS) is 20.9. The van der Waals surface area contributed by atoms with Crippen LogP contribution in [0.15, 0.2) is 66.9 Å². The van der Waals surface area contributed by atoms with E-state index in [-0.39, 0.29) is 11.2 Å². The predicted molar refractivity (Wildman–Crippen MR) is 112 cm³/mol. The van der Waals surface area contributed by atoms with E-state index in [4.69, 9.17) is 0 Å². The third-order valence-corrected chi connectivity index (χ3v) is 6.10. The zero-order chi connectivity index (χ0) is 19.1. The molecule has 0 saturated carbocycles. The number of aryl methyl sites for hydroxylation is 1. The van der Waals surface area contributed by atoms with Gasteiger partial charge in [0.1, 0.15) is 5.82 Å².